The Labute approximate surface area is 142 Å². The van der Waals surface area contributed by atoms with Gasteiger partial charge in [-0.3, -0.25) is 4.98 Å². The van der Waals surface area contributed by atoms with Crippen LogP contribution in [0, 0.1) is 0 Å². The average molecular weight is 414 g/mol. The third kappa shape index (κ3) is 4.28. The van der Waals surface area contributed by atoms with Crippen LogP contribution in [0.5, 0.6) is 5.75 Å². The molecular formula is C16H18Br2N2O. The maximum absolute atomic E-state index is 5.46. The van der Waals surface area contributed by atoms with E-state index >= 15 is 0 Å². The van der Waals surface area contributed by atoms with E-state index in [1.807, 2.05) is 30.5 Å². The molecule has 3 nitrogen and oxygen atoms in total. The Morgan fingerprint density at radius 1 is 1.29 bits per heavy atom. The van der Waals surface area contributed by atoms with Gasteiger partial charge in [-0.15, -0.1) is 0 Å². The second kappa shape index (κ2) is 7.92. The van der Waals surface area contributed by atoms with Crippen LogP contribution in [0.3, 0.4) is 0 Å². The van der Waals surface area contributed by atoms with Crippen LogP contribution in [0.4, 0.5) is 0 Å². The summed E-state index contributed by atoms with van der Waals surface area (Å²) in [4.78, 5) is 4.51. The number of methoxy groups -OCH3 is 1. The maximum Gasteiger partial charge on any atom is 0.122 e. The molecule has 0 spiro atoms. The van der Waals surface area contributed by atoms with E-state index in [2.05, 4.69) is 55.2 Å². The van der Waals surface area contributed by atoms with Gasteiger partial charge < -0.3 is 10.1 Å². The first kappa shape index (κ1) is 16.5. The van der Waals surface area contributed by atoms with Crippen LogP contribution < -0.4 is 10.1 Å². The number of hydrogen-bond donors (Lipinski definition) is 1. The predicted octanol–water partition coefficient (Wildman–Crippen LogP) is 4.51. The fraction of sp³-hybridized carbons (Fsp3) is 0.312. The Morgan fingerprint density at radius 3 is 2.76 bits per heavy atom. The van der Waals surface area contributed by atoms with Crippen molar-refractivity contribution in [1.82, 2.24) is 10.3 Å². The van der Waals surface area contributed by atoms with Gasteiger partial charge in [0.05, 0.1) is 18.8 Å². The van der Waals surface area contributed by atoms with E-state index in [-0.39, 0.29) is 6.04 Å². The number of benzene rings is 1. The Bertz CT molecular complexity index is 605. The van der Waals surface area contributed by atoms with Gasteiger partial charge in [-0.05, 0) is 64.8 Å². The van der Waals surface area contributed by atoms with E-state index in [1.165, 1.54) is 0 Å². The Balaban J connectivity index is 2.33. The topological polar surface area (TPSA) is 34.1 Å². The first-order valence-corrected chi connectivity index (χ1v) is 8.40. The first-order valence-electron chi connectivity index (χ1n) is 6.82. The molecular weight excluding hydrogens is 396 g/mol. The highest BCUT2D eigenvalue weighted by molar-refractivity contribution is 9.10. The number of nitrogens with zero attached hydrogens (tertiary/aromatic N) is 1. The summed E-state index contributed by atoms with van der Waals surface area (Å²) >= 11 is 7.11. The van der Waals surface area contributed by atoms with E-state index in [9.17, 15) is 0 Å². The van der Waals surface area contributed by atoms with Gasteiger partial charge in [0.2, 0.25) is 0 Å². The van der Waals surface area contributed by atoms with Crippen molar-refractivity contribution < 1.29 is 4.74 Å². The van der Waals surface area contributed by atoms with Crippen LogP contribution in [0.2, 0.25) is 0 Å². The molecule has 0 aliphatic carbocycles. The van der Waals surface area contributed by atoms with Gasteiger partial charge in [0.25, 0.3) is 0 Å². The van der Waals surface area contributed by atoms with Gasteiger partial charge >= 0.3 is 0 Å². The molecule has 0 radical (unpaired) electrons. The summed E-state index contributed by atoms with van der Waals surface area (Å²) < 4.78 is 7.53. The summed E-state index contributed by atoms with van der Waals surface area (Å²) in [6.45, 7) is 2.98. The van der Waals surface area contributed by atoms with E-state index in [0.29, 0.717) is 0 Å². The van der Waals surface area contributed by atoms with Crippen LogP contribution >= 0.6 is 31.9 Å². The summed E-state index contributed by atoms with van der Waals surface area (Å²) in [5.41, 5.74) is 2.16. The molecule has 1 unspecified atom stereocenters. The second-order valence-corrected chi connectivity index (χ2v) is 6.41. The minimum atomic E-state index is 0.133. The number of aromatic nitrogens is 1. The lowest BCUT2D eigenvalue weighted by molar-refractivity contribution is 0.405. The van der Waals surface area contributed by atoms with Crippen LogP contribution in [0.15, 0.2) is 45.5 Å². The Morgan fingerprint density at radius 2 is 2.10 bits per heavy atom. The van der Waals surface area contributed by atoms with Crippen molar-refractivity contribution in [2.45, 2.75) is 19.4 Å². The zero-order valence-corrected chi connectivity index (χ0v) is 15.2. The van der Waals surface area contributed by atoms with Crippen molar-refractivity contribution in [3.05, 3.63) is 56.7 Å². The molecule has 1 heterocycles. The van der Waals surface area contributed by atoms with Crippen molar-refractivity contribution in [1.29, 1.82) is 0 Å². The molecule has 0 fully saturated rings. The lowest BCUT2D eigenvalue weighted by atomic mass is 10.0. The molecule has 0 aliphatic heterocycles. The van der Waals surface area contributed by atoms with Gasteiger partial charge in [-0.2, -0.15) is 0 Å². The fourth-order valence-corrected chi connectivity index (χ4v) is 3.23. The molecule has 0 aliphatic rings. The zero-order chi connectivity index (χ0) is 15.2. The van der Waals surface area contributed by atoms with Gasteiger partial charge in [-0.1, -0.05) is 22.9 Å². The first-order chi connectivity index (χ1) is 10.2. The molecule has 1 aromatic heterocycles. The summed E-state index contributed by atoms with van der Waals surface area (Å²) in [7, 11) is 1.70. The highest BCUT2D eigenvalue weighted by atomic mass is 79.9. The predicted molar refractivity (Wildman–Crippen MR) is 92.8 cm³/mol. The Hall–Kier alpha value is -0.910. The van der Waals surface area contributed by atoms with E-state index in [1.54, 1.807) is 7.11 Å². The van der Waals surface area contributed by atoms with Crippen LogP contribution in [0.25, 0.3) is 0 Å². The number of ether oxygens (including phenoxy) is 1. The summed E-state index contributed by atoms with van der Waals surface area (Å²) in [6.07, 6.45) is 2.63. The highest BCUT2D eigenvalue weighted by Gasteiger charge is 2.17. The standard InChI is InChI=1S/C16H18Br2N2O/c1-3-19-14(16-13(18)5-4-8-20-16)10-11-9-12(17)6-7-15(11)21-2/h4-9,14,19H,3,10H2,1-2H3. The molecule has 0 amide bonds. The van der Waals surface area contributed by atoms with E-state index in [4.69, 9.17) is 4.74 Å². The minimum absolute atomic E-state index is 0.133. The maximum atomic E-state index is 5.46. The molecule has 1 atom stereocenters. The average Bonchev–Trinajstić information content (AvgIpc) is 2.48. The molecule has 0 saturated heterocycles. The van der Waals surface area contributed by atoms with E-state index < -0.39 is 0 Å². The van der Waals surface area contributed by atoms with Crippen molar-refractivity contribution in [2.24, 2.45) is 0 Å². The van der Waals surface area contributed by atoms with Gasteiger partial charge in [0.15, 0.2) is 0 Å². The van der Waals surface area contributed by atoms with Crippen LogP contribution in [-0.2, 0) is 6.42 Å². The zero-order valence-electron chi connectivity index (χ0n) is 12.1. The SMILES string of the molecule is CCNC(Cc1cc(Br)ccc1OC)c1ncccc1Br. The summed E-state index contributed by atoms with van der Waals surface area (Å²) in [5, 5.41) is 3.50. The van der Waals surface area contributed by atoms with Gasteiger partial charge in [0, 0.05) is 15.1 Å². The van der Waals surface area contributed by atoms with E-state index in [0.717, 1.165) is 38.9 Å². The smallest absolute Gasteiger partial charge is 0.122 e. The van der Waals surface area contributed by atoms with Crippen LogP contribution in [0.1, 0.15) is 24.2 Å². The van der Waals surface area contributed by atoms with Crippen molar-refractivity contribution in [3.63, 3.8) is 0 Å². The van der Waals surface area contributed by atoms with Crippen molar-refractivity contribution in [2.75, 3.05) is 13.7 Å². The number of hydrogen-bond acceptors (Lipinski definition) is 3. The molecule has 0 bridgehead atoms. The number of rotatable bonds is 6. The molecule has 21 heavy (non-hydrogen) atoms. The number of nitrogens with one attached hydrogen (secondary N) is 1. The molecule has 5 heteroatoms. The normalized spacial score (nSPS) is 12.2. The molecule has 2 aromatic rings. The molecule has 1 N–H and O–H groups in total. The fourth-order valence-electron chi connectivity index (χ4n) is 2.29. The third-order valence-corrected chi connectivity index (χ3v) is 4.40. The molecule has 1 aromatic carbocycles. The summed E-state index contributed by atoms with van der Waals surface area (Å²) in [6, 6.07) is 10.1. The van der Waals surface area contributed by atoms with Gasteiger partial charge in [-0.25, -0.2) is 0 Å². The Kier molecular flexibility index (Phi) is 6.21. The number of pyridine rings is 1. The van der Waals surface area contributed by atoms with Crippen LogP contribution in [-0.4, -0.2) is 18.6 Å². The van der Waals surface area contributed by atoms with Crippen molar-refractivity contribution >= 4 is 31.9 Å². The summed E-state index contributed by atoms with van der Waals surface area (Å²) in [5.74, 6) is 0.896. The lowest BCUT2D eigenvalue weighted by Crippen LogP contribution is -2.24. The lowest BCUT2D eigenvalue weighted by Gasteiger charge is -2.20. The quantitative estimate of drug-likeness (QED) is 0.756. The molecule has 112 valence electrons. The third-order valence-electron chi connectivity index (χ3n) is 3.23. The largest absolute Gasteiger partial charge is 0.496 e. The number of likely N-dealkylation sites (N-methyl/N-ethyl adjacent to an activating group) is 1. The van der Waals surface area contributed by atoms with Crippen molar-refractivity contribution in [3.8, 4) is 5.75 Å². The molecule has 0 saturated carbocycles. The van der Waals surface area contributed by atoms with Gasteiger partial charge in [0.1, 0.15) is 5.75 Å². The molecule has 2 rings (SSSR count). The highest BCUT2D eigenvalue weighted by Crippen LogP contribution is 2.29. The minimum Gasteiger partial charge on any atom is -0.496 e. The monoisotopic (exact) mass is 412 g/mol. The number of halogens is 2. The second-order valence-electron chi connectivity index (χ2n) is 4.64.